The Kier molecular flexibility index (Phi) is 11.7. The van der Waals surface area contributed by atoms with E-state index in [-0.39, 0.29) is 18.4 Å². The maximum atomic E-state index is 12.5. The summed E-state index contributed by atoms with van der Waals surface area (Å²) >= 11 is 0. The molecular formula is C22H37N3O5. The third-order valence-corrected chi connectivity index (χ3v) is 4.75. The Labute approximate surface area is 180 Å². The largest absolute Gasteiger partial charge is 0.493 e. The summed E-state index contributed by atoms with van der Waals surface area (Å²) in [5, 5.41) is 5.46. The Bertz CT molecular complexity index is 662. The number of nitrogens with one attached hydrogen (secondary N) is 2. The van der Waals surface area contributed by atoms with Crippen LogP contribution in [0.5, 0.6) is 11.5 Å². The van der Waals surface area contributed by atoms with Crippen LogP contribution in [-0.4, -0.2) is 62.9 Å². The molecule has 8 heteroatoms. The van der Waals surface area contributed by atoms with Gasteiger partial charge in [-0.05, 0) is 43.6 Å². The molecule has 2 N–H and O–H groups in total. The van der Waals surface area contributed by atoms with E-state index < -0.39 is 12.1 Å². The highest BCUT2D eigenvalue weighted by atomic mass is 16.5. The van der Waals surface area contributed by atoms with E-state index in [2.05, 4.69) is 29.4 Å². The molecule has 170 valence electrons. The summed E-state index contributed by atoms with van der Waals surface area (Å²) in [5.74, 6) is 0.942. The molecule has 0 aliphatic rings. The predicted octanol–water partition coefficient (Wildman–Crippen LogP) is 2.80. The van der Waals surface area contributed by atoms with Crippen molar-refractivity contribution in [1.29, 1.82) is 0 Å². The normalized spacial score (nSPS) is 11.9. The zero-order chi connectivity index (χ0) is 22.5. The number of carbonyl (C=O) groups is 2. The lowest BCUT2D eigenvalue weighted by Crippen LogP contribution is -2.49. The van der Waals surface area contributed by atoms with Gasteiger partial charge in [0.1, 0.15) is 12.6 Å². The van der Waals surface area contributed by atoms with E-state index in [1.54, 1.807) is 14.0 Å². The second kappa shape index (κ2) is 13.7. The van der Waals surface area contributed by atoms with Crippen LogP contribution in [-0.2, 0) is 16.1 Å². The lowest BCUT2D eigenvalue weighted by Gasteiger charge is -2.21. The second-order valence-corrected chi connectivity index (χ2v) is 7.16. The van der Waals surface area contributed by atoms with Crippen LogP contribution in [0.25, 0.3) is 0 Å². The fourth-order valence-electron chi connectivity index (χ4n) is 2.90. The van der Waals surface area contributed by atoms with Gasteiger partial charge < -0.3 is 29.7 Å². The van der Waals surface area contributed by atoms with Gasteiger partial charge in [-0.25, -0.2) is 4.79 Å². The first-order valence-electron chi connectivity index (χ1n) is 10.6. The van der Waals surface area contributed by atoms with E-state index in [0.29, 0.717) is 24.7 Å². The van der Waals surface area contributed by atoms with Crippen molar-refractivity contribution < 1.29 is 23.8 Å². The monoisotopic (exact) mass is 423 g/mol. The van der Waals surface area contributed by atoms with Crippen molar-refractivity contribution in [2.24, 2.45) is 5.92 Å². The molecule has 1 unspecified atom stereocenters. The standard InChI is InChI=1S/C22H37N3O5/c1-7-25(8-2)12-13-30-18-11-10-17(14-19(18)28-6)15-23-21(26)20(16(4)5)24-22(27)29-9-3/h10-11,14,16,20H,7-9,12-13,15H2,1-6H3,(H,23,26)(H,24,27). The lowest BCUT2D eigenvalue weighted by molar-refractivity contribution is -0.124. The van der Waals surface area contributed by atoms with Crippen molar-refractivity contribution in [3.63, 3.8) is 0 Å². The van der Waals surface area contributed by atoms with E-state index in [0.717, 1.165) is 25.2 Å². The van der Waals surface area contributed by atoms with Crippen molar-refractivity contribution in [2.45, 2.75) is 47.2 Å². The number of nitrogens with zero attached hydrogens (tertiary/aromatic N) is 1. The van der Waals surface area contributed by atoms with Crippen LogP contribution in [0.2, 0.25) is 0 Å². The van der Waals surface area contributed by atoms with Crippen molar-refractivity contribution in [3.8, 4) is 11.5 Å². The van der Waals surface area contributed by atoms with Gasteiger partial charge in [-0.3, -0.25) is 4.79 Å². The Balaban J connectivity index is 2.67. The topological polar surface area (TPSA) is 89.1 Å². The number of hydrogen-bond donors (Lipinski definition) is 2. The molecule has 0 radical (unpaired) electrons. The summed E-state index contributed by atoms with van der Waals surface area (Å²) in [6, 6.07) is 4.91. The highest BCUT2D eigenvalue weighted by molar-refractivity contribution is 5.85. The number of likely N-dealkylation sites (N-methyl/N-ethyl adjacent to an activating group) is 1. The smallest absolute Gasteiger partial charge is 0.407 e. The van der Waals surface area contributed by atoms with Gasteiger partial charge >= 0.3 is 6.09 Å². The Morgan fingerprint density at radius 2 is 1.80 bits per heavy atom. The fraction of sp³-hybridized carbons (Fsp3) is 0.636. The molecule has 1 aromatic rings. The number of carbonyl (C=O) groups excluding carboxylic acids is 2. The van der Waals surface area contributed by atoms with Crippen LogP contribution in [0.3, 0.4) is 0 Å². The molecule has 0 saturated heterocycles. The Morgan fingerprint density at radius 3 is 2.37 bits per heavy atom. The minimum atomic E-state index is -0.673. The number of alkyl carbamates (subject to hydrolysis) is 1. The van der Waals surface area contributed by atoms with Crippen LogP contribution in [0, 0.1) is 5.92 Å². The molecule has 2 amide bonds. The molecule has 0 heterocycles. The van der Waals surface area contributed by atoms with Gasteiger partial charge in [-0.15, -0.1) is 0 Å². The molecule has 0 aliphatic heterocycles. The molecule has 0 saturated carbocycles. The highest BCUT2D eigenvalue weighted by Gasteiger charge is 2.24. The predicted molar refractivity (Wildman–Crippen MR) is 117 cm³/mol. The molecule has 1 atom stereocenters. The molecule has 30 heavy (non-hydrogen) atoms. The summed E-state index contributed by atoms with van der Waals surface area (Å²) in [6.45, 7) is 13.6. The van der Waals surface area contributed by atoms with Crippen molar-refractivity contribution in [1.82, 2.24) is 15.5 Å². The summed E-state index contributed by atoms with van der Waals surface area (Å²) in [6.07, 6.45) is -0.598. The minimum Gasteiger partial charge on any atom is -0.493 e. The van der Waals surface area contributed by atoms with E-state index in [4.69, 9.17) is 14.2 Å². The summed E-state index contributed by atoms with van der Waals surface area (Å²) in [5.41, 5.74) is 0.870. The summed E-state index contributed by atoms with van der Waals surface area (Å²) in [4.78, 5) is 26.5. The fourth-order valence-corrected chi connectivity index (χ4v) is 2.90. The molecular weight excluding hydrogens is 386 g/mol. The van der Waals surface area contributed by atoms with Gasteiger partial charge in [-0.2, -0.15) is 0 Å². The number of hydrogen-bond acceptors (Lipinski definition) is 6. The van der Waals surface area contributed by atoms with Gasteiger partial charge in [0.05, 0.1) is 13.7 Å². The number of benzene rings is 1. The second-order valence-electron chi connectivity index (χ2n) is 7.16. The van der Waals surface area contributed by atoms with Gasteiger partial charge in [0.25, 0.3) is 0 Å². The van der Waals surface area contributed by atoms with Crippen LogP contribution in [0.4, 0.5) is 4.79 Å². The number of ether oxygens (including phenoxy) is 3. The van der Waals surface area contributed by atoms with E-state index in [1.807, 2.05) is 32.0 Å². The van der Waals surface area contributed by atoms with Crippen LogP contribution >= 0.6 is 0 Å². The molecule has 0 aromatic heterocycles. The van der Waals surface area contributed by atoms with Gasteiger partial charge in [0.15, 0.2) is 11.5 Å². The molecule has 0 aliphatic carbocycles. The number of amides is 2. The molecule has 8 nitrogen and oxygen atoms in total. The van der Waals surface area contributed by atoms with E-state index in [1.165, 1.54) is 0 Å². The summed E-state index contributed by atoms with van der Waals surface area (Å²) in [7, 11) is 1.59. The molecule has 0 fully saturated rings. The minimum absolute atomic E-state index is 0.0782. The Hall–Kier alpha value is -2.48. The SMILES string of the molecule is CCOC(=O)NC(C(=O)NCc1ccc(OCCN(CC)CC)c(OC)c1)C(C)C. The number of methoxy groups -OCH3 is 1. The van der Waals surface area contributed by atoms with Crippen LogP contribution in [0.15, 0.2) is 18.2 Å². The molecule has 0 spiro atoms. The van der Waals surface area contributed by atoms with Crippen molar-refractivity contribution >= 4 is 12.0 Å². The zero-order valence-electron chi connectivity index (χ0n) is 19.1. The first-order chi connectivity index (χ1) is 14.4. The molecule has 1 rings (SSSR count). The molecule has 0 bridgehead atoms. The first kappa shape index (κ1) is 25.6. The van der Waals surface area contributed by atoms with Crippen LogP contribution in [0.1, 0.15) is 40.2 Å². The quantitative estimate of drug-likeness (QED) is 0.507. The van der Waals surface area contributed by atoms with E-state index >= 15 is 0 Å². The summed E-state index contributed by atoms with van der Waals surface area (Å²) < 4.78 is 16.2. The van der Waals surface area contributed by atoms with E-state index in [9.17, 15) is 9.59 Å². The third-order valence-electron chi connectivity index (χ3n) is 4.75. The lowest BCUT2D eigenvalue weighted by atomic mass is 10.0. The third kappa shape index (κ3) is 8.49. The van der Waals surface area contributed by atoms with Crippen LogP contribution < -0.4 is 20.1 Å². The average Bonchev–Trinajstić information content (AvgIpc) is 2.73. The maximum absolute atomic E-state index is 12.5. The first-order valence-corrected chi connectivity index (χ1v) is 10.6. The van der Waals surface area contributed by atoms with Gasteiger partial charge in [0.2, 0.25) is 5.91 Å². The zero-order valence-corrected chi connectivity index (χ0v) is 19.1. The van der Waals surface area contributed by atoms with Crippen molar-refractivity contribution in [2.75, 3.05) is 40.0 Å². The maximum Gasteiger partial charge on any atom is 0.407 e. The highest BCUT2D eigenvalue weighted by Crippen LogP contribution is 2.28. The van der Waals surface area contributed by atoms with Gasteiger partial charge in [0, 0.05) is 13.1 Å². The number of rotatable bonds is 13. The average molecular weight is 424 g/mol. The van der Waals surface area contributed by atoms with Crippen molar-refractivity contribution in [3.05, 3.63) is 23.8 Å². The Morgan fingerprint density at radius 1 is 1.10 bits per heavy atom. The molecule has 1 aromatic carbocycles. The van der Waals surface area contributed by atoms with Gasteiger partial charge in [-0.1, -0.05) is 33.8 Å².